The van der Waals surface area contributed by atoms with E-state index >= 15 is 0 Å². The van der Waals surface area contributed by atoms with Crippen molar-refractivity contribution in [3.63, 3.8) is 0 Å². The topological polar surface area (TPSA) is 3.24 Å². The predicted octanol–water partition coefficient (Wildman–Crippen LogP) is 8.57. The number of anilines is 1. The monoisotopic (exact) mass is 437 g/mol. The molecular formula is C30H31NS. The number of hydrogen-bond acceptors (Lipinski definition) is 2. The molecule has 1 atom stereocenters. The van der Waals surface area contributed by atoms with Crippen LogP contribution < -0.4 is 4.90 Å². The van der Waals surface area contributed by atoms with Gasteiger partial charge >= 0.3 is 0 Å². The molecule has 0 amide bonds. The second-order valence-electron chi connectivity index (χ2n) is 8.78. The van der Waals surface area contributed by atoms with Crippen molar-refractivity contribution >= 4 is 17.4 Å². The number of hydrogen-bond donors (Lipinski definition) is 0. The Kier molecular flexibility index (Phi) is 6.17. The van der Waals surface area contributed by atoms with Crippen molar-refractivity contribution in [3.8, 4) is 22.3 Å². The standard InChI is InChI=1S/C30H31NS/c1-7-27-21(2)30(4,5)29(22(3)32-6)31(27)28-20-25(23-14-10-8-11-15-23)18-19-26(28)24-16-12-9-13-17-24/h7-20,29H,2-3H2,1,4-6H3/b27-7+. The van der Waals surface area contributed by atoms with Crippen LogP contribution in [0.2, 0.25) is 0 Å². The van der Waals surface area contributed by atoms with Gasteiger partial charge in [-0.3, -0.25) is 0 Å². The van der Waals surface area contributed by atoms with Crippen LogP contribution in [-0.4, -0.2) is 12.3 Å². The summed E-state index contributed by atoms with van der Waals surface area (Å²) in [6, 6.07) is 28.2. The van der Waals surface area contributed by atoms with Gasteiger partial charge in [0.25, 0.3) is 0 Å². The van der Waals surface area contributed by atoms with Crippen LogP contribution in [0, 0.1) is 5.41 Å². The Labute approximate surface area is 197 Å². The Hall–Kier alpha value is -2.97. The van der Waals surface area contributed by atoms with Crippen LogP contribution in [0.1, 0.15) is 20.8 Å². The van der Waals surface area contributed by atoms with Crippen LogP contribution >= 0.6 is 11.8 Å². The van der Waals surface area contributed by atoms with Gasteiger partial charge in [0.1, 0.15) is 0 Å². The predicted molar refractivity (Wildman–Crippen MR) is 143 cm³/mol. The third-order valence-electron chi connectivity index (χ3n) is 6.58. The van der Waals surface area contributed by atoms with Crippen LogP contribution in [0.25, 0.3) is 22.3 Å². The highest BCUT2D eigenvalue weighted by Gasteiger charge is 2.48. The molecule has 1 fully saturated rings. The maximum atomic E-state index is 4.52. The van der Waals surface area contributed by atoms with E-state index in [1.54, 1.807) is 11.8 Å². The lowest BCUT2D eigenvalue weighted by molar-refractivity contribution is 0.436. The average Bonchev–Trinajstić information content (AvgIpc) is 3.04. The molecule has 1 aliphatic heterocycles. The van der Waals surface area contributed by atoms with E-state index in [-0.39, 0.29) is 11.5 Å². The molecule has 1 heterocycles. The van der Waals surface area contributed by atoms with E-state index in [2.05, 4.69) is 130 Å². The summed E-state index contributed by atoms with van der Waals surface area (Å²) in [5.74, 6) is 0. The normalized spacial score (nSPS) is 18.9. The van der Waals surface area contributed by atoms with Gasteiger partial charge in [-0.25, -0.2) is 0 Å². The lowest BCUT2D eigenvalue weighted by Crippen LogP contribution is -2.37. The minimum atomic E-state index is -0.126. The molecule has 0 radical (unpaired) electrons. The fourth-order valence-electron chi connectivity index (χ4n) is 4.75. The van der Waals surface area contributed by atoms with Gasteiger partial charge in [-0.2, -0.15) is 0 Å². The maximum absolute atomic E-state index is 4.52. The van der Waals surface area contributed by atoms with E-state index in [0.717, 1.165) is 10.5 Å². The SMILES string of the molecule is C=C(SC)C1N(c2cc(-c3ccccc3)ccc2-c2ccccc2)/C(=C/C)C(=C)C1(C)C. The van der Waals surface area contributed by atoms with Crippen LogP contribution in [0.15, 0.2) is 114 Å². The minimum Gasteiger partial charge on any atom is -0.332 e. The summed E-state index contributed by atoms with van der Waals surface area (Å²) in [5.41, 5.74) is 8.25. The fraction of sp³-hybridized carbons (Fsp3) is 0.200. The molecule has 0 saturated carbocycles. The van der Waals surface area contributed by atoms with Gasteiger partial charge in [-0.1, -0.05) is 106 Å². The van der Waals surface area contributed by atoms with Crippen LogP contribution in [0.3, 0.4) is 0 Å². The summed E-state index contributed by atoms with van der Waals surface area (Å²) in [4.78, 5) is 3.62. The summed E-state index contributed by atoms with van der Waals surface area (Å²) >= 11 is 1.74. The maximum Gasteiger partial charge on any atom is 0.0736 e. The Morgan fingerprint density at radius 3 is 2.06 bits per heavy atom. The molecule has 0 aliphatic carbocycles. The molecule has 32 heavy (non-hydrogen) atoms. The van der Waals surface area contributed by atoms with Crippen molar-refractivity contribution in [1.82, 2.24) is 0 Å². The Morgan fingerprint density at radius 1 is 0.906 bits per heavy atom. The Morgan fingerprint density at radius 2 is 1.50 bits per heavy atom. The first-order chi connectivity index (χ1) is 15.4. The fourth-order valence-corrected chi connectivity index (χ4v) is 5.37. The molecular weight excluding hydrogens is 406 g/mol. The smallest absolute Gasteiger partial charge is 0.0736 e. The van der Waals surface area contributed by atoms with E-state index in [9.17, 15) is 0 Å². The molecule has 3 aromatic carbocycles. The van der Waals surface area contributed by atoms with Crippen molar-refractivity contribution in [1.29, 1.82) is 0 Å². The van der Waals surface area contributed by atoms with Crippen molar-refractivity contribution in [2.45, 2.75) is 26.8 Å². The Bertz CT molecular complexity index is 1170. The lowest BCUT2D eigenvalue weighted by atomic mass is 9.80. The van der Waals surface area contributed by atoms with Crippen molar-refractivity contribution in [3.05, 3.63) is 114 Å². The van der Waals surface area contributed by atoms with Gasteiger partial charge in [-0.15, -0.1) is 11.8 Å². The third-order valence-corrected chi connectivity index (χ3v) is 7.33. The van der Waals surface area contributed by atoms with Crippen LogP contribution in [0.5, 0.6) is 0 Å². The molecule has 162 valence electrons. The third kappa shape index (κ3) is 3.73. The first-order valence-electron chi connectivity index (χ1n) is 11.0. The Balaban J connectivity index is 2.00. The van der Waals surface area contributed by atoms with Gasteiger partial charge in [0.05, 0.1) is 11.7 Å². The average molecular weight is 438 g/mol. The van der Waals surface area contributed by atoms with Gasteiger partial charge in [-0.05, 0) is 41.5 Å². The number of rotatable bonds is 5. The van der Waals surface area contributed by atoms with Gasteiger partial charge in [0.2, 0.25) is 0 Å². The number of allylic oxidation sites excluding steroid dienone is 2. The molecule has 1 unspecified atom stereocenters. The van der Waals surface area contributed by atoms with E-state index in [4.69, 9.17) is 0 Å². The number of nitrogens with zero attached hydrogens (tertiary/aromatic N) is 1. The van der Waals surface area contributed by atoms with Gasteiger partial charge < -0.3 is 4.90 Å². The minimum absolute atomic E-state index is 0.115. The van der Waals surface area contributed by atoms with Crippen LogP contribution in [-0.2, 0) is 0 Å². The second kappa shape index (κ2) is 8.88. The second-order valence-corrected chi connectivity index (χ2v) is 9.71. The molecule has 1 aliphatic rings. The molecule has 3 aromatic rings. The first kappa shape index (κ1) is 22.2. The molecule has 4 rings (SSSR count). The van der Waals surface area contributed by atoms with E-state index in [0.29, 0.717) is 0 Å². The molecule has 2 heteroatoms. The van der Waals surface area contributed by atoms with Crippen molar-refractivity contribution in [2.24, 2.45) is 5.41 Å². The zero-order valence-corrected chi connectivity index (χ0v) is 20.2. The van der Waals surface area contributed by atoms with Gasteiger partial charge in [0, 0.05) is 21.6 Å². The van der Waals surface area contributed by atoms with E-state index in [1.165, 1.54) is 33.6 Å². The molecule has 1 saturated heterocycles. The quantitative estimate of drug-likeness (QED) is 0.393. The number of benzene rings is 3. The van der Waals surface area contributed by atoms with Crippen LogP contribution in [0.4, 0.5) is 5.69 Å². The molecule has 0 aromatic heterocycles. The molecule has 0 N–H and O–H groups in total. The zero-order chi connectivity index (χ0) is 22.9. The summed E-state index contributed by atoms with van der Waals surface area (Å²) in [6.45, 7) is 15.7. The first-order valence-corrected chi connectivity index (χ1v) is 12.3. The largest absolute Gasteiger partial charge is 0.332 e. The highest BCUT2D eigenvalue weighted by atomic mass is 32.2. The lowest BCUT2D eigenvalue weighted by Gasteiger charge is -2.36. The summed E-state index contributed by atoms with van der Waals surface area (Å²) < 4.78 is 0. The number of thioether (sulfide) groups is 1. The van der Waals surface area contributed by atoms with Crippen molar-refractivity contribution in [2.75, 3.05) is 11.2 Å². The summed E-state index contributed by atoms with van der Waals surface area (Å²) in [7, 11) is 0. The van der Waals surface area contributed by atoms with Gasteiger partial charge in [0.15, 0.2) is 0 Å². The van der Waals surface area contributed by atoms with E-state index in [1.807, 2.05) is 0 Å². The summed E-state index contributed by atoms with van der Waals surface area (Å²) in [5, 5.41) is 0. The van der Waals surface area contributed by atoms with E-state index < -0.39 is 0 Å². The zero-order valence-electron chi connectivity index (χ0n) is 19.4. The molecule has 0 spiro atoms. The molecule has 1 nitrogen and oxygen atoms in total. The molecule has 0 bridgehead atoms. The highest BCUT2D eigenvalue weighted by Crippen LogP contribution is 2.54. The highest BCUT2D eigenvalue weighted by molar-refractivity contribution is 8.02. The summed E-state index contributed by atoms with van der Waals surface area (Å²) in [6.07, 6.45) is 4.31. The van der Waals surface area contributed by atoms with Crippen molar-refractivity contribution < 1.29 is 0 Å².